The van der Waals surface area contributed by atoms with Gasteiger partial charge in [-0.1, -0.05) is 37.8 Å². The molecular weight excluding hydrogens is 468 g/mol. The average molecular weight is 511 g/mol. The Balaban J connectivity index is 0.000000303. The summed E-state index contributed by atoms with van der Waals surface area (Å²) in [7, 11) is 0. The number of fused-ring (bicyclic) bond motifs is 2. The van der Waals surface area contributed by atoms with E-state index < -0.39 is 4.92 Å². The van der Waals surface area contributed by atoms with Gasteiger partial charge in [0, 0.05) is 6.07 Å². The molecule has 4 atom stereocenters. The van der Waals surface area contributed by atoms with Gasteiger partial charge in [-0.25, -0.2) is 0 Å². The largest absolute Gasteiger partial charge is 0.393 e. The number of para-hydroxylation sites is 2. The summed E-state index contributed by atoms with van der Waals surface area (Å²) in [6, 6.07) is 6.10. The second-order valence-electron chi connectivity index (χ2n) is 9.25. The molecule has 1 aliphatic heterocycles. The molecule has 0 spiro atoms. The van der Waals surface area contributed by atoms with Crippen LogP contribution in [0.1, 0.15) is 51.4 Å². The minimum absolute atomic E-state index is 0.0394. The van der Waals surface area contributed by atoms with E-state index >= 15 is 0 Å². The molecule has 2 N–H and O–H groups in total. The van der Waals surface area contributed by atoms with Crippen LogP contribution in [-0.2, 0) is 28.4 Å². The number of hydrogen-bond acceptors (Lipinski definition) is 9. The van der Waals surface area contributed by atoms with Crippen LogP contribution >= 0.6 is 0 Å². The van der Waals surface area contributed by atoms with Gasteiger partial charge in [0.1, 0.15) is 5.69 Å². The normalized spacial score (nSPS) is 29.2. The summed E-state index contributed by atoms with van der Waals surface area (Å²) in [4.78, 5) is 9.64. The third-order valence-electron chi connectivity index (χ3n) is 6.66. The molecule has 10 nitrogen and oxygen atoms in total. The van der Waals surface area contributed by atoms with Crippen molar-refractivity contribution < 1.29 is 33.3 Å². The van der Waals surface area contributed by atoms with Crippen molar-refractivity contribution in [2.24, 2.45) is 0 Å². The van der Waals surface area contributed by atoms with Crippen molar-refractivity contribution in [2.45, 2.75) is 75.8 Å². The van der Waals surface area contributed by atoms with E-state index in [4.69, 9.17) is 34.2 Å². The first-order valence-corrected chi connectivity index (χ1v) is 13.3. The Bertz CT molecular complexity index is 686. The number of nitrogens with two attached hydrogens (primary N) is 1. The van der Waals surface area contributed by atoms with Gasteiger partial charge >= 0.3 is 0 Å². The molecule has 0 radical (unpaired) electrons. The van der Waals surface area contributed by atoms with E-state index in [0.717, 1.165) is 25.7 Å². The topological polar surface area (TPSA) is 125 Å². The number of rotatable bonds is 1. The molecule has 0 amide bonds. The smallest absolute Gasteiger partial charge is 0.292 e. The number of nitrogen functional groups attached to an aromatic ring is 1. The lowest BCUT2D eigenvalue weighted by Gasteiger charge is -2.32. The zero-order valence-corrected chi connectivity index (χ0v) is 21.2. The number of hydrogen-bond donors (Lipinski definition) is 1. The Morgan fingerprint density at radius 3 is 1.31 bits per heavy atom. The SMILES string of the molecule is C1CCC2OCCOCCOC3CCCCC3OCCOCCOC2C1.Nc1ccccc1[N+](=O)[O-]. The highest BCUT2D eigenvalue weighted by atomic mass is 16.6. The van der Waals surface area contributed by atoms with Gasteiger partial charge < -0.3 is 34.2 Å². The summed E-state index contributed by atoms with van der Waals surface area (Å²) in [5, 5.41) is 10.1. The summed E-state index contributed by atoms with van der Waals surface area (Å²) in [6.45, 7) is 4.93. The highest BCUT2D eigenvalue weighted by molar-refractivity contribution is 5.57. The summed E-state index contributed by atoms with van der Waals surface area (Å²) in [5.74, 6) is 0. The fourth-order valence-corrected chi connectivity index (χ4v) is 4.78. The maximum absolute atomic E-state index is 10.1. The quantitative estimate of drug-likeness (QED) is 0.340. The van der Waals surface area contributed by atoms with E-state index in [2.05, 4.69) is 0 Å². The van der Waals surface area contributed by atoms with E-state index in [1.807, 2.05) is 0 Å². The Labute approximate surface area is 213 Å². The Hall–Kier alpha value is -1.82. The van der Waals surface area contributed by atoms with Gasteiger partial charge in [-0.3, -0.25) is 10.1 Å². The lowest BCUT2D eigenvalue weighted by molar-refractivity contribution is -0.383. The molecule has 0 bridgehead atoms. The fraction of sp³-hybridized carbons (Fsp3) is 0.769. The van der Waals surface area contributed by atoms with Crippen molar-refractivity contribution in [3.63, 3.8) is 0 Å². The zero-order valence-electron chi connectivity index (χ0n) is 21.2. The van der Waals surface area contributed by atoms with Crippen molar-refractivity contribution in [3.05, 3.63) is 34.4 Å². The molecule has 1 saturated heterocycles. The highest BCUT2D eigenvalue weighted by Crippen LogP contribution is 2.25. The number of nitro benzene ring substituents is 1. The standard InChI is InChI=1S/C20H36O6.C6H6N2O2/c1-2-6-18-17(5-1)23-13-9-21-11-15-25-19-7-3-4-8-20(19)26-16-12-22-10-14-24-18;7-5-3-1-2-4-6(5)8(9)10/h17-20H,1-16H2;1-4H,7H2. The fourth-order valence-electron chi connectivity index (χ4n) is 4.78. The summed E-state index contributed by atoms with van der Waals surface area (Å²) in [5.41, 5.74) is 5.44. The van der Waals surface area contributed by atoms with Crippen molar-refractivity contribution >= 4 is 11.4 Å². The molecule has 2 aliphatic carbocycles. The predicted octanol–water partition coefficient (Wildman–Crippen LogP) is 3.90. The Morgan fingerprint density at radius 1 is 0.639 bits per heavy atom. The molecule has 36 heavy (non-hydrogen) atoms. The minimum Gasteiger partial charge on any atom is -0.393 e. The first kappa shape index (κ1) is 28.7. The van der Waals surface area contributed by atoms with Crippen LogP contribution in [-0.4, -0.2) is 82.2 Å². The van der Waals surface area contributed by atoms with Crippen LogP contribution in [0.5, 0.6) is 0 Å². The monoisotopic (exact) mass is 510 g/mol. The number of ether oxygens (including phenoxy) is 6. The molecule has 10 heteroatoms. The van der Waals surface area contributed by atoms with Crippen LogP contribution in [0.15, 0.2) is 24.3 Å². The molecule has 1 aromatic carbocycles. The van der Waals surface area contributed by atoms with Crippen LogP contribution < -0.4 is 5.73 Å². The summed E-state index contributed by atoms with van der Waals surface area (Å²) < 4.78 is 35.5. The summed E-state index contributed by atoms with van der Waals surface area (Å²) in [6.07, 6.45) is 9.93. The van der Waals surface area contributed by atoms with Gasteiger partial charge in [0.15, 0.2) is 0 Å². The Morgan fingerprint density at radius 2 is 1.00 bits per heavy atom. The molecular formula is C26H42N2O8. The first-order chi connectivity index (χ1) is 17.6. The first-order valence-electron chi connectivity index (χ1n) is 13.3. The highest BCUT2D eigenvalue weighted by Gasteiger charge is 2.27. The number of benzene rings is 1. The molecule has 1 heterocycles. The maximum atomic E-state index is 10.1. The van der Waals surface area contributed by atoms with Gasteiger partial charge in [-0.15, -0.1) is 0 Å². The zero-order chi connectivity index (χ0) is 25.4. The van der Waals surface area contributed by atoms with Crippen LogP contribution in [0.25, 0.3) is 0 Å². The molecule has 3 aliphatic rings. The van der Waals surface area contributed by atoms with E-state index in [1.54, 1.807) is 12.1 Å². The maximum Gasteiger partial charge on any atom is 0.292 e. The third kappa shape index (κ3) is 10.3. The second-order valence-corrected chi connectivity index (χ2v) is 9.25. The molecule has 204 valence electrons. The molecule has 4 rings (SSSR count). The molecule has 1 aromatic rings. The van der Waals surface area contributed by atoms with E-state index in [-0.39, 0.29) is 35.8 Å². The van der Waals surface area contributed by atoms with Crippen molar-refractivity contribution in [2.75, 3.05) is 58.6 Å². The van der Waals surface area contributed by atoms with E-state index in [9.17, 15) is 10.1 Å². The van der Waals surface area contributed by atoms with Gasteiger partial charge in [-0.2, -0.15) is 0 Å². The number of nitrogens with zero attached hydrogens (tertiary/aromatic N) is 1. The molecule has 0 aromatic heterocycles. The average Bonchev–Trinajstić information content (AvgIpc) is 2.89. The van der Waals surface area contributed by atoms with E-state index in [0.29, 0.717) is 52.9 Å². The van der Waals surface area contributed by atoms with Crippen LogP contribution in [0.2, 0.25) is 0 Å². The van der Waals surface area contributed by atoms with Gasteiger partial charge in [0.05, 0.1) is 82.2 Å². The molecule has 4 unspecified atom stereocenters. The minimum atomic E-state index is -0.505. The van der Waals surface area contributed by atoms with Crippen LogP contribution in [0.4, 0.5) is 11.4 Å². The lowest BCUT2D eigenvalue weighted by Crippen LogP contribution is -2.37. The van der Waals surface area contributed by atoms with Crippen molar-refractivity contribution in [3.8, 4) is 0 Å². The van der Waals surface area contributed by atoms with Crippen LogP contribution in [0.3, 0.4) is 0 Å². The summed E-state index contributed by atoms with van der Waals surface area (Å²) >= 11 is 0. The number of nitro groups is 1. The van der Waals surface area contributed by atoms with Crippen molar-refractivity contribution in [1.29, 1.82) is 0 Å². The van der Waals surface area contributed by atoms with Crippen molar-refractivity contribution in [1.82, 2.24) is 0 Å². The van der Waals surface area contributed by atoms with Gasteiger partial charge in [0.2, 0.25) is 0 Å². The molecule has 3 fully saturated rings. The molecule has 2 saturated carbocycles. The Kier molecular flexibility index (Phi) is 13.4. The second kappa shape index (κ2) is 16.8. The lowest BCUT2D eigenvalue weighted by atomic mass is 9.94. The van der Waals surface area contributed by atoms with Gasteiger partial charge in [0.25, 0.3) is 5.69 Å². The predicted molar refractivity (Wildman–Crippen MR) is 135 cm³/mol. The van der Waals surface area contributed by atoms with E-state index in [1.165, 1.54) is 37.8 Å². The number of anilines is 1. The third-order valence-corrected chi connectivity index (χ3v) is 6.66. The van der Waals surface area contributed by atoms with Crippen LogP contribution in [0, 0.1) is 10.1 Å². The van der Waals surface area contributed by atoms with Gasteiger partial charge in [-0.05, 0) is 31.7 Å².